The largest absolute Gasteiger partial charge is 0.508 e. The van der Waals surface area contributed by atoms with Gasteiger partial charge < -0.3 is 25.4 Å². The number of hydrogen-bond donors (Lipinski definition) is 3. The molecule has 0 spiro atoms. The van der Waals surface area contributed by atoms with E-state index in [4.69, 9.17) is 11.2 Å². The topological polar surface area (TPSA) is 108 Å². The summed E-state index contributed by atoms with van der Waals surface area (Å²) < 4.78 is 5.50. The number of carbonyl (C=O) groups is 3. The Kier molecular flexibility index (Phi) is 9.77. The van der Waals surface area contributed by atoms with Gasteiger partial charge in [-0.25, -0.2) is 4.79 Å². The van der Waals surface area contributed by atoms with E-state index in [0.29, 0.717) is 23.1 Å². The summed E-state index contributed by atoms with van der Waals surface area (Å²) in [6.45, 7) is 7.51. The Labute approximate surface area is 253 Å². The minimum absolute atomic E-state index is 0.0844. The van der Waals surface area contributed by atoms with Crippen molar-refractivity contribution in [3.05, 3.63) is 101 Å². The quantitative estimate of drug-likeness (QED) is 0.289. The molecular formula is C35H39N3O5. The molecule has 4 rings (SSSR count). The monoisotopic (exact) mass is 581 g/mol. The van der Waals surface area contributed by atoms with Crippen molar-refractivity contribution < 1.29 is 24.2 Å². The van der Waals surface area contributed by atoms with Crippen molar-refractivity contribution in [3.63, 3.8) is 0 Å². The summed E-state index contributed by atoms with van der Waals surface area (Å²) in [5, 5.41) is 15.6. The normalized spacial score (nSPS) is 17.1. The lowest BCUT2D eigenvalue weighted by Crippen LogP contribution is -2.54. The van der Waals surface area contributed by atoms with Crippen molar-refractivity contribution in [2.45, 2.75) is 70.8 Å². The molecule has 8 nitrogen and oxygen atoms in total. The van der Waals surface area contributed by atoms with Crippen molar-refractivity contribution in [3.8, 4) is 18.1 Å². The van der Waals surface area contributed by atoms with Gasteiger partial charge in [-0.2, -0.15) is 0 Å². The van der Waals surface area contributed by atoms with Crippen LogP contribution < -0.4 is 10.6 Å². The van der Waals surface area contributed by atoms with Gasteiger partial charge in [-0.15, -0.1) is 6.42 Å². The molecule has 3 aromatic rings. The number of phenolic OH excluding ortho intramolecular Hbond substituents is 1. The fourth-order valence-corrected chi connectivity index (χ4v) is 5.04. The van der Waals surface area contributed by atoms with Crippen LogP contribution in [0.4, 0.5) is 4.79 Å². The molecule has 1 fully saturated rings. The van der Waals surface area contributed by atoms with Gasteiger partial charge in [0.05, 0.1) is 0 Å². The first-order chi connectivity index (χ1) is 20.5. The molecule has 0 saturated heterocycles. The van der Waals surface area contributed by atoms with Crippen molar-refractivity contribution in [2.24, 2.45) is 5.92 Å². The number of carbonyl (C=O) groups excluding carboxylic acids is 3. The van der Waals surface area contributed by atoms with Crippen molar-refractivity contribution in [1.29, 1.82) is 0 Å². The van der Waals surface area contributed by atoms with Gasteiger partial charge in [0.1, 0.15) is 23.4 Å². The summed E-state index contributed by atoms with van der Waals surface area (Å²) >= 11 is 0. The molecule has 0 radical (unpaired) electrons. The van der Waals surface area contributed by atoms with Gasteiger partial charge in [0, 0.05) is 24.6 Å². The molecule has 3 N–H and O–H groups in total. The van der Waals surface area contributed by atoms with Gasteiger partial charge in [-0.3, -0.25) is 9.59 Å². The van der Waals surface area contributed by atoms with E-state index in [0.717, 1.165) is 5.56 Å². The van der Waals surface area contributed by atoms with Crippen LogP contribution >= 0.6 is 0 Å². The zero-order valence-electron chi connectivity index (χ0n) is 25.0. The maximum Gasteiger partial charge on any atom is 0.408 e. The number of rotatable bonds is 10. The second kappa shape index (κ2) is 13.5. The third kappa shape index (κ3) is 8.39. The predicted molar refractivity (Wildman–Crippen MR) is 165 cm³/mol. The van der Waals surface area contributed by atoms with E-state index in [-0.39, 0.29) is 36.6 Å². The number of amides is 3. The molecule has 0 aromatic heterocycles. The average Bonchev–Trinajstić information content (AvgIpc) is 3.70. The third-order valence-corrected chi connectivity index (χ3v) is 7.29. The standard InChI is InChI=1S/C35H39N3O5/c1-6-26-14-10-11-15-28(26)31(32(40)36-22-25-12-8-7-9-13-25)38(30-20-23(30)2)33(41)29(37-34(42)43-35(3,4)5)21-24-16-18-27(39)19-17-24/h1,7-19,23,29-31,39H,20-22H2,2-5H3,(H,36,40)(H,37,42). The summed E-state index contributed by atoms with van der Waals surface area (Å²) in [4.78, 5) is 43.3. The first-order valence-corrected chi connectivity index (χ1v) is 14.4. The number of benzene rings is 3. The van der Waals surface area contributed by atoms with E-state index in [9.17, 15) is 19.5 Å². The van der Waals surface area contributed by atoms with Crippen LogP contribution in [0.1, 0.15) is 62.4 Å². The van der Waals surface area contributed by atoms with E-state index in [1.807, 2.05) is 37.3 Å². The Morgan fingerprint density at radius 3 is 2.23 bits per heavy atom. The van der Waals surface area contributed by atoms with Crippen molar-refractivity contribution >= 4 is 17.9 Å². The lowest BCUT2D eigenvalue weighted by Gasteiger charge is -2.35. The fourth-order valence-electron chi connectivity index (χ4n) is 5.04. The number of hydrogen-bond acceptors (Lipinski definition) is 5. The molecule has 3 amide bonds. The minimum atomic E-state index is -1.06. The summed E-state index contributed by atoms with van der Waals surface area (Å²) in [6.07, 6.45) is 5.94. The van der Waals surface area contributed by atoms with Gasteiger partial charge in [0.15, 0.2) is 0 Å². The molecule has 43 heavy (non-hydrogen) atoms. The second-order valence-electron chi connectivity index (χ2n) is 11.9. The van der Waals surface area contributed by atoms with Gasteiger partial charge in [0.25, 0.3) is 0 Å². The summed E-state index contributed by atoms with van der Waals surface area (Å²) in [5.74, 6) is 2.09. The molecular weight excluding hydrogens is 542 g/mol. The van der Waals surface area contributed by atoms with E-state index in [2.05, 4.69) is 16.6 Å². The molecule has 1 aliphatic carbocycles. The number of alkyl carbamates (subject to hydrolysis) is 1. The zero-order valence-corrected chi connectivity index (χ0v) is 25.0. The Hall–Kier alpha value is -4.77. The highest BCUT2D eigenvalue weighted by Gasteiger charge is 2.48. The van der Waals surface area contributed by atoms with Crippen LogP contribution in [0.5, 0.6) is 5.75 Å². The Morgan fingerprint density at radius 2 is 1.63 bits per heavy atom. The van der Waals surface area contributed by atoms with Crippen LogP contribution in [-0.4, -0.2) is 45.6 Å². The van der Waals surface area contributed by atoms with Crippen molar-refractivity contribution in [1.82, 2.24) is 15.5 Å². The number of nitrogens with zero attached hydrogens (tertiary/aromatic N) is 1. The summed E-state index contributed by atoms with van der Waals surface area (Å²) in [7, 11) is 0. The van der Waals surface area contributed by atoms with Crippen LogP contribution in [0.2, 0.25) is 0 Å². The highest BCUT2D eigenvalue weighted by atomic mass is 16.6. The van der Waals surface area contributed by atoms with Gasteiger partial charge >= 0.3 is 6.09 Å². The third-order valence-electron chi connectivity index (χ3n) is 7.29. The van der Waals surface area contributed by atoms with E-state index < -0.39 is 29.7 Å². The molecule has 1 saturated carbocycles. The molecule has 0 aliphatic heterocycles. The minimum Gasteiger partial charge on any atom is -0.508 e. The number of nitrogens with one attached hydrogen (secondary N) is 2. The first-order valence-electron chi connectivity index (χ1n) is 14.4. The molecule has 3 aromatic carbocycles. The number of terminal acetylenes is 1. The maximum absolute atomic E-state index is 14.6. The molecule has 0 heterocycles. The van der Waals surface area contributed by atoms with Gasteiger partial charge in [-0.05, 0) is 68.0 Å². The second-order valence-corrected chi connectivity index (χ2v) is 11.9. The first kappa shape index (κ1) is 31.2. The van der Waals surface area contributed by atoms with Crippen LogP contribution in [-0.2, 0) is 27.3 Å². The van der Waals surface area contributed by atoms with E-state index >= 15 is 0 Å². The number of ether oxygens (including phenoxy) is 1. The van der Waals surface area contributed by atoms with Gasteiger partial charge in [0.2, 0.25) is 11.8 Å². The molecule has 4 atom stereocenters. The van der Waals surface area contributed by atoms with Crippen LogP contribution in [0.25, 0.3) is 0 Å². The Morgan fingerprint density at radius 1 is 1.00 bits per heavy atom. The predicted octanol–water partition coefficient (Wildman–Crippen LogP) is 5.10. The summed E-state index contributed by atoms with van der Waals surface area (Å²) in [6, 6.07) is 20.7. The van der Waals surface area contributed by atoms with E-state index in [1.165, 1.54) is 12.1 Å². The maximum atomic E-state index is 14.6. The van der Waals surface area contributed by atoms with Crippen LogP contribution in [0.3, 0.4) is 0 Å². The van der Waals surface area contributed by atoms with Crippen molar-refractivity contribution in [2.75, 3.05) is 0 Å². The lowest BCUT2D eigenvalue weighted by molar-refractivity contribution is -0.143. The molecule has 4 unspecified atom stereocenters. The summed E-state index contributed by atoms with van der Waals surface area (Å²) in [5.41, 5.74) is 1.87. The number of aromatic hydroxyl groups is 1. The number of phenols is 1. The Balaban J connectivity index is 1.74. The van der Waals surface area contributed by atoms with Crippen LogP contribution in [0.15, 0.2) is 78.9 Å². The molecule has 8 heteroatoms. The molecule has 1 aliphatic rings. The Bertz CT molecular complexity index is 1470. The smallest absolute Gasteiger partial charge is 0.408 e. The fraction of sp³-hybridized carbons (Fsp3) is 0.343. The highest BCUT2D eigenvalue weighted by molar-refractivity contribution is 5.93. The van der Waals surface area contributed by atoms with Crippen LogP contribution in [0, 0.1) is 18.3 Å². The highest BCUT2D eigenvalue weighted by Crippen LogP contribution is 2.41. The zero-order chi connectivity index (χ0) is 31.1. The molecule has 224 valence electrons. The average molecular weight is 582 g/mol. The molecule has 0 bridgehead atoms. The SMILES string of the molecule is C#Cc1ccccc1C(C(=O)NCc1ccccc1)N(C(=O)C(Cc1ccc(O)cc1)NC(=O)OC(C)(C)C)C1CC1C. The van der Waals surface area contributed by atoms with Gasteiger partial charge in [-0.1, -0.05) is 73.5 Å². The lowest BCUT2D eigenvalue weighted by atomic mass is 9.96. The van der Waals surface area contributed by atoms with E-state index in [1.54, 1.807) is 62.1 Å².